The van der Waals surface area contributed by atoms with Crippen LogP contribution in [0.1, 0.15) is 25.0 Å². The Morgan fingerprint density at radius 3 is 2.67 bits per heavy atom. The maximum atomic E-state index is 6.14. The van der Waals surface area contributed by atoms with Gasteiger partial charge in [-0.15, -0.1) is 0 Å². The maximum Gasteiger partial charge on any atom is 0.256 e. The number of hydrogen-bond donors (Lipinski definition) is 1. The summed E-state index contributed by atoms with van der Waals surface area (Å²) in [6.45, 7) is 3.96. The second-order valence-electron chi connectivity index (χ2n) is 4.67. The van der Waals surface area contributed by atoms with Crippen LogP contribution in [0.4, 0.5) is 0 Å². The summed E-state index contributed by atoms with van der Waals surface area (Å²) in [7, 11) is 1.60. The molecule has 1 N–H and O–H groups in total. The highest BCUT2D eigenvalue weighted by atomic mass is 16.5. The molecule has 1 aromatic heterocycles. The van der Waals surface area contributed by atoms with Crippen molar-refractivity contribution in [2.45, 2.75) is 19.4 Å². The molecular weight excluding hydrogens is 264 g/mol. The van der Waals surface area contributed by atoms with Gasteiger partial charge >= 0.3 is 0 Å². The fourth-order valence-corrected chi connectivity index (χ4v) is 2.14. The quantitative estimate of drug-likeness (QED) is 0.757. The molecule has 0 spiro atoms. The zero-order chi connectivity index (χ0) is 14.9. The van der Waals surface area contributed by atoms with Crippen molar-refractivity contribution >= 4 is 0 Å². The summed E-state index contributed by atoms with van der Waals surface area (Å²) in [4.78, 5) is 4.18. The largest absolute Gasteiger partial charge is 0.480 e. The number of nitrogens with zero attached hydrogens (tertiary/aromatic N) is 1. The molecular formula is C17H22N2O2. The van der Waals surface area contributed by atoms with E-state index in [-0.39, 0.29) is 6.10 Å². The highest BCUT2D eigenvalue weighted by Gasteiger charge is 2.15. The Balaban J connectivity index is 2.15. The van der Waals surface area contributed by atoms with Gasteiger partial charge in [-0.25, -0.2) is 4.98 Å². The molecule has 0 radical (unpaired) electrons. The Kier molecular flexibility index (Phi) is 6.03. The van der Waals surface area contributed by atoms with Crippen molar-refractivity contribution < 1.29 is 9.47 Å². The van der Waals surface area contributed by atoms with Crippen LogP contribution in [0.3, 0.4) is 0 Å². The smallest absolute Gasteiger partial charge is 0.256 e. The van der Waals surface area contributed by atoms with E-state index >= 15 is 0 Å². The lowest BCUT2D eigenvalue weighted by atomic mass is 10.1. The number of hydrogen-bond acceptors (Lipinski definition) is 4. The van der Waals surface area contributed by atoms with E-state index in [0.29, 0.717) is 11.6 Å². The van der Waals surface area contributed by atoms with Crippen LogP contribution in [0.2, 0.25) is 0 Å². The van der Waals surface area contributed by atoms with Crippen molar-refractivity contribution in [1.82, 2.24) is 10.3 Å². The van der Waals surface area contributed by atoms with Gasteiger partial charge in [0.2, 0.25) is 0 Å². The van der Waals surface area contributed by atoms with Crippen LogP contribution in [0, 0.1) is 0 Å². The Labute approximate surface area is 126 Å². The van der Waals surface area contributed by atoms with Crippen LogP contribution in [-0.2, 0) is 0 Å². The van der Waals surface area contributed by atoms with Crippen LogP contribution in [0.15, 0.2) is 48.7 Å². The first-order chi connectivity index (χ1) is 10.3. The monoisotopic (exact) mass is 286 g/mol. The minimum atomic E-state index is -0.0247. The average Bonchev–Trinajstić information content (AvgIpc) is 2.55. The molecule has 1 aromatic carbocycles. The van der Waals surface area contributed by atoms with E-state index in [4.69, 9.17) is 9.47 Å². The average molecular weight is 286 g/mol. The normalized spacial score (nSPS) is 11.9. The van der Waals surface area contributed by atoms with Crippen LogP contribution in [0.5, 0.6) is 11.6 Å². The molecule has 1 atom stereocenters. The van der Waals surface area contributed by atoms with E-state index in [9.17, 15) is 0 Å². The molecule has 0 bridgehead atoms. The van der Waals surface area contributed by atoms with Gasteiger partial charge in [-0.2, -0.15) is 0 Å². The molecule has 0 aliphatic heterocycles. The van der Waals surface area contributed by atoms with Crippen LogP contribution in [-0.4, -0.2) is 25.2 Å². The Morgan fingerprint density at radius 1 is 1.14 bits per heavy atom. The number of nitrogens with one attached hydrogen (secondary N) is 1. The zero-order valence-electron chi connectivity index (χ0n) is 12.6. The number of ether oxygens (including phenoxy) is 2. The van der Waals surface area contributed by atoms with Crippen molar-refractivity contribution in [3.63, 3.8) is 0 Å². The van der Waals surface area contributed by atoms with E-state index in [2.05, 4.69) is 29.4 Å². The molecule has 2 aromatic rings. The zero-order valence-corrected chi connectivity index (χ0v) is 12.6. The molecule has 4 nitrogen and oxygen atoms in total. The van der Waals surface area contributed by atoms with Gasteiger partial charge in [0, 0.05) is 12.6 Å². The number of rotatable bonds is 8. The maximum absolute atomic E-state index is 6.14. The van der Waals surface area contributed by atoms with Crippen LogP contribution >= 0.6 is 0 Å². The summed E-state index contributed by atoms with van der Waals surface area (Å²) in [5, 5.41) is 3.34. The lowest BCUT2D eigenvalue weighted by molar-refractivity contribution is 0.184. The van der Waals surface area contributed by atoms with Crippen molar-refractivity contribution in [2.75, 3.05) is 20.2 Å². The van der Waals surface area contributed by atoms with Gasteiger partial charge in [-0.3, -0.25) is 0 Å². The van der Waals surface area contributed by atoms with Gasteiger partial charge < -0.3 is 14.8 Å². The second-order valence-corrected chi connectivity index (χ2v) is 4.67. The molecule has 0 amide bonds. The molecule has 0 saturated carbocycles. The summed E-state index contributed by atoms with van der Waals surface area (Å²) < 4.78 is 11.4. The summed E-state index contributed by atoms with van der Waals surface area (Å²) in [5.41, 5.74) is 1.15. The third-order valence-electron chi connectivity index (χ3n) is 3.20. The topological polar surface area (TPSA) is 43.4 Å². The number of pyridine rings is 1. The predicted molar refractivity (Wildman–Crippen MR) is 83.8 cm³/mol. The molecule has 0 saturated heterocycles. The molecule has 4 heteroatoms. The minimum Gasteiger partial charge on any atom is -0.480 e. The lowest BCUT2D eigenvalue weighted by Gasteiger charge is -2.20. The standard InChI is InChI=1S/C17H22N2O2/c1-3-18-13-11-15(14-8-5-4-6-9-14)21-16-10-7-12-19-17(16)20-2/h4-10,12,15,18H,3,11,13H2,1-2H3/t15-/m1/s1. The molecule has 0 aliphatic carbocycles. The molecule has 1 heterocycles. The summed E-state index contributed by atoms with van der Waals surface area (Å²) in [6.07, 6.45) is 2.56. The first-order valence-electron chi connectivity index (χ1n) is 7.26. The highest BCUT2D eigenvalue weighted by Crippen LogP contribution is 2.30. The van der Waals surface area contributed by atoms with Crippen molar-refractivity contribution in [3.8, 4) is 11.6 Å². The Bertz CT molecular complexity index is 531. The third kappa shape index (κ3) is 4.46. The van der Waals surface area contributed by atoms with E-state index in [0.717, 1.165) is 25.1 Å². The van der Waals surface area contributed by atoms with Crippen molar-refractivity contribution in [3.05, 3.63) is 54.2 Å². The molecule has 0 fully saturated rings. The lowest BCUT2D eigenvalue weighted by Crippen LogP contribution is -2.19. The first kappa shape index (κ1) is 15.3. The van der Waals surface area contributed by atoms with Gasteiger partial charge in [0.15, 0.2) is 5.75 Å². The summed E-state index contributed by atoms with van der Waals surface area (Å²) >= 11 is 0. The second kappa shape index (κ2) is 8.27. The molecule has 0 unspecified atom stereocenters. The Morgan fingerprint density at radius 2 is 1.95 bits per heavy atom. The highest BCUT2D eigenvalue weighted by molar-refractivity contribution is 5.33. The van der Waals surface area contributed by atoms with Gasteiger partial charge in [-0.05, 0) is 30.8 Å². The molecule has 112 valence electrons. The van der Waals surface area contributed by atoms with Gasteiger partial charge in [0.25, 0.3) is 5.88 Å². The van der Waals surface area contributed by atoms with Crippen molar-refractivity contribution in [1.29, 1.82) is 0 Å². The number of benzene rings is 1. The molecule has 2 rings (SSSR count). The van der Waals surface area contributed by atoms with Crippen molar-refractivity contribution in [2.24, 2.45) is 0 Å². The van der Waals surface area contributed by atoms with Crippen LogP contribution in [0.25, 0.3) is 0 Å². The predicted octanol–water partition coefficient (Wildman–Crippen LogP) is 3.21. The van der Waals surface area contributed by atoms with Gasteiger partial charge in [0.1, 0.15) is 6.10 Å². The van der Waals surface area contributed by atoms with Gasteiger partial charge in [0.05, 0.1) is 7.11 Å². The van der Waals surface area contributed by atoms with E-state index in [1.807, 2.05) is 30.3 Å². The fourth-order valence-electron chi connectivity index (χ4n) is 2.14. The van der Waals surface area contributed by atoms with Gasteiger partial charge in [-0.1, -0.05) is 37.3 Å². The number of methoxy groups -OCH3 is 1. The van der Waals surface area contributed by atoms with Crippen LogP contribution < -0.4 is 14.8 Å². The SMILES string of the molecule is CCNCC[C@@H](Oc1cccnc1OC)c1ccccc1. The molecule has 0 aliphatic rings. The first-order valence-corrected chi connectivity index (χ1v) is 7.26. The summed E-state index contributed by atoms with van der Waals surface area (Å²) in [5.74, 6) is 1.19. The fraction of sp³-hybridized carbons (Fsp3) is 0.353. The molecule has 21 heavy (non-hydrogen) atoms. The van der Waals surface area contributed by atoms with E-state index in [1.165, 1.54) is 0 Å². The third-order valence-corrected chi connectivity index (χ3v) is 3.20. The Hall–Kier alpha value is -2.07. The minimum absolute atomic E-state index is 0.0247. The van der Waals surface area contributed by atoms with E-state index in [1.54, 1.807) is 13.3 Å². The number of aromatic nitrogens is 1. The summed E-state index contributed by atoms with van der Waals surface area (Å²) in [6, 6.07) is 14.0. The van der Waals surface area contributed by atoms with E-state index < -0.39 is 0 Å².